The second-order valence-corrected chi connectivity index (χ2v) is 4.95. The lowest BCUT2D eigenvalue weighted by atomic mass is 10.3. The van der Waals surface area contributed by atoms with Crippen LogP contribution < -0.4 is 10.5 Å². The fourth-order valence-electron chi connectivity index (χ4n) is 1.50. The van der Waals surface area contributed by atoms with Gasteiger partial charge in [0.25, 0.3) is 0 Å². The molecule has 0 fully saturated rings. The first-order valence-electron chi connectivity index (χ1n) is 5.48. The molecule has 0 aliphatic rings. The number of phenols is 1. The van der Waals surface area contributed by atoms with Crippen LogP contribution in [0.25, 0.3) is 0 Å². The maximum atomic E-state index is 9.44. The summed E-state index contributed by atoms with van der Waals surface area (Å²) in [6.07, 6.45) is 1.04. The van der Waals surface area contributed by atoms with Crippen LogP contribution in [0, 0.1) is 0 Å². The number of phenolic OH excluding ortho intramolecular Hbond substituents is 1. The average Bonchev–Trinajstić information content (AvgIpc) is 2.79. The van der Waals surface area contributed by atoms with E-state index in [1.807, 2.05) is 0 Å². The van der Waals surface area contributed by atoms with Gasteiger partial charge in [-0.2, -0.15) is 0 Å². The Hall–Kier alpha value is -1.68. The lowest BCUT2D eigenvalue weighted by Crippen LogP contribution is -1.97. The first-order chi connectivity index (χ1) is 8.20. The molecule has 0 radical (unpaired) electrons. The molecule has 1 aromatic carbocycles. The van der Waals surface area contributed by atoms with Gasteiger partial charge < -0.3 is 15.6 Å². The summed E-state index contributed by atoms with van der Waals surface area (Å²) < 4.78 is 5.59. The molecule has 0 saturated carbocycles. The summed E-state index contributed by atoms with van der Waals surface area (Å²) >= 11 is 1.73. The summed E-state index contributed by atoms with van der Waals surface area (Å²) in [6.45, 7) is 2.61. The average molecular weight is 249 g/mol. The fraction of sp³-hybridized carbons (Fsp3) is 0.231. The molecule has 3 nitrogen and oxygen atoms in total. The van der Waals surface area contributed by atoms with E-state index in [4.69, 9.17) is 10.5 Å². The molecule has 1 aromatic heterocycles. The molecule has 0 atom stereocenters. The third-order valence-corrected chi connectivity index (χ3v) is 3.68. The summed E-state index contributed by atoms with van der Waals surface area (Å²) in [5.41, 5.74) is 6.00. The molecule has 4 heteroatoms. The zero-order valence-corrected chi connectivity index (χ0v) is 10.5. The Morgan fingerprint density at radius 3 is 2.71 bits per heavy atom. The number of nitrogens with two attached hydrogens (primary N) is 1. The zero-order valence-electron chi connectivity index (χ0n) is 9.64. The van der Waals surface area contributed by atoms with E-state index >= 15 is 0 Å². The summed E-state index contributed by atoms with van der Waals surface area (Å²) in [4.78, 5) is 2.50. The van der Waals surface area contributed by atoms with Gasteiger partial charge in [-0.15, -0.1) is 11.3 Å². The van der Waals surface area contributed by atoms with Crippen molar-refractivity contribution < 1.29 is 9.84 Å². The SMILES string of the molecule is CCc1ccc(COc2cccc(O)c2N)s1. The monoisotopic (exact) mass is 249 g/mol. The van der Waals surface area contributed by atoms with E-state index in [0.29, 0.717) is 18.0 Å². The maximum absolute atomic E-state index is 9.44. The van der Waals surface area contributed by atoms with Crippen LogP contribution in [-0.2, 0) is 13.0 Å². The van der Waals surface area contributed by atoms with Gasteiger partial charge in [0.1, 0.15) is 23.8 Å². The van der Waals surface area contributed by atoms with Crippen molar-refractivity contribution in [3.8, 4) is 11.5 Å². The van der Waals surface area contributed by atoms with Crippen molar-refractivity contribution in [1.82, 2.24) is 0 Å². The van der Waals surface area contributed by atoms with Gasteiger partial charge in [0, 0.05) is 9.75 Å². The van der Waals surface area contributed by atoms with E-state index in [1.165, 1.54) is 4.88 Å². The Bertz CT molecular complexity index is 508. The van der Waals surface area contributed by atoms with Crippen LogP contribution in [0.15, 0.2) is 30.3 Å². The standard InChI is InChI=1S/C13H15NO2S/c1-2-9-6-7-10(17-9)8-16-12-5-3-4-11(15)13(12)14/h3-7,15H,2,8,14H2,1H3. The van der Waals surface area contributed by atoms with Crippen LogP contribution >= 0.6 is 11.3 Å². The summed E-state index contributed by atoms with van der Waals surface area (Å²) in [7, 11) is 0. The molecule has 1 heterocycles. The van der Waals surface area contributed by atoms with Gasteiger partial charge in [-0.1, -0.05) is 13.0 Å². The van der Waals surface area contributed by atoms with E-state index in [9.17, 15) is 5.11 Å². The molecule has 0 bridgehead atoms. The molecule has 3 N–H and O–H groups in total. The molecular formula is C13H15NO2S. The number of anilines is 1. The number of aromatic hydroxyl groups is 1. The number of aryl methyl sites for hydroxylation is 1. The normalized spacial score (nSPS) is 10.4. The van der Waals surface area contributed by atoms with Crippen LogP contribution in [0.4, 0.5) is 5.69 Å². The molecule has 0 spiro atoms. The van der Waals surface area contributed by atoms with Crippen molar-refractivity contribution in [2.45, 2.75) is 20.0 Å². The topological polar surface area (TPSA) is 55.5 Å². The molecule has 2 aromatic rings. The molecule has 0 unspecified atom stereocenters. The lowest BCUT2D eigenvalue weighted by molar-refractivity contribution is 0.310. The van der Waals surface area contributed by atoms with Crippen LogP contribution in [0.2, 0.25) is 0 Å². The van der Waals surface area contributed by atoms with Gasteiger partial charge in [0.05, 0.1) is 0 Å². The van der Waals surface area contributed by atoms with E-state index in [1.54, 1.807) is 29.5 Å². The highest BCUT2D eigenvalue weighted by Crippen LogP contribution is 2.31. The van der Waals surface area contributed by atoms with Crippen molar-refractivity contribution in [1.29, 1.82) is 0 Å². The summed E-state index contributed by atoms with van der Waals surface area (Å²) in [5, 5.41) is 9.44. The number of thiophene rings is 1. The molecule has 90 valence electrons. The Kier molecular flexibility index (Phi) is 3.54. The van der Waals surface area contributed by atoms with Crippen LogP contribution in [0.5, 0.6) is 11.5 Å². The second-order valence-electron chi connectivity index (χ2n) is 3.70. The number of para-hydroxylation sites is 1. The maximum Gasteiger partial charge on any atom is 0.146 e. The third-order valence-electron chi connectivity index (χ3n) is 2.48. The minimum atomic E-state index is 0.0583. The van der Waals surface area contributed by atoms with Crippen molar-refractivity contribution in [2.75, 3.05) is 5.73 Å². The predicted octanol–water partition coefficient (Wildman–Crippen LogP) is 3.18. The van der Waals surface area contributed by atoms with Crippen molar-refractivity contribution in [2.24, 2.45) is 0 Å². The quantitative estimate of drug-likeness (QED) is 0.646. The molecule has 17 heavy (non-hydrogen) atoms. The van der Waals surface area contributed by atoms with E-state index < -0.39 is 0 Å². The number of ether oxygens (including phenoxy) is 1. The van der Waals surface area contributed by atoms with Gasteiger partial charge in [0.15, 0.2) is 0 Å². The van der Waals surface area contributed by atoms with E-state index in [2.05, 4.69) is 19.1 Å². The Morgan fingerprint density at radius 1 is 1.24 bits per heavy atom. The summed E-state index contributed by atoms with van der Waals surface area (Å²) in [6, 6.07) is 9.18. The Morgan fingerprint density at radius 2 is 2.00 bits per heavy atom. The molecule has 0 saturated heterocycles. The van der Waals surface area contributed by atoms with Crippen molar-refractivity contribution >= 4 is 17.0 Å². The van der Waals surface area contributed by atoms with Gasteiger partial charge >= 0.3 is 0 Å². The number of hydrogen-bond acceptors (Lipinski definition) is 4. The van der Waals surface area contributed by atoms with Crippen molar-refractivity contribution in [3.05, 3.63) is 40.1 Å². The highest BCUT2D eigenvalue weighted by molar-refractivity contribution is 7.11. The largest absolute Gasteiger partial charge is 0.506 e. The van der Waals surface area contributed by atoms with Gasteiger partial charge in [-0.3, -0.25) is 0 Å². The zero-order chi connectivity index (χ0) is 12.3. The van der Waals surface area contributed by atoms with Crippen LogP contribution in [-0.4, -0.2) is 5.11 Å². The van der Waals surface area contributed by atoms with Crippen LogP contribution in [0.1, 0.15) is 16.7 Å². The number of hydrogen-bond donors (Lipinski definition) is 2. The van der Waals surface area contributed by atoms with Gasteiger partial charge in [-0.05, 0) is 30.7 Å². The first-order valence-corrected chi connectivity index (χ1v) is 6.30. The van der Waals surface area contributed by atoms with Gasteiger partial charge in [0.2, 0.25) is 0 Å². The Balaban J connectivity index is 2.04. The van der Waals surface area contributed by atoms with E-state index in [-0.39, 0.29) is 5.75 Å². The van der Waals surface area contributed by atoms with Gasteiger partial charge in [-0.25, -0.2) is 0 Å². The van der Waals surface area contributed by atoms with Crippen LogP contribution in [0.3, 0.4) is 0 Å². The molecule has 2 rings (SSSR count). The lowest BCUT2D eigenvalue weighted by Gasteiger charge is -2.08. The van der Waals surface area contributed by atoms with Crippen molar-refractivity contribution in [3.63, 3.8) is 0 Å². The fourth-order valence-corrected chi connectivity index (χ4v) is 2.37. The highest BCUT2D eigenvalue weighted by Gasteiger charge is 2.05. The second kappa shape index (κ2) is 5.10. The number of rotatable bonds is 4. The smallest absolute Gasteiger partial charge is 0.146 e. The minimum Gasteiger partial charge on any atom is -0.506 e. The predicted molar refractivity (Wildman–Crippen MR) is 70.5 cm³/mol. The first kappa shape index (κ1) is 11.8. The number of benzene rings is 1. The Labute approximate surface area is 104 Å². The minimum absolute atomic E-state index is 0.0583. The molecular weight excluding hydrogens is 234 g/mol. The molecule has 0 aliphatic heterocycles. The van der Waals surface area contributed by atoms with E-state index in [0.717, 1.165) is 11.3 Å². The summed E-state index contributed by atoms with van der Waals surface area (Å²) in [5.74, 6) is 0.583. The number of nitrogen functional groups attached to an aromatic ring is 1. The third kappa shape index (κ3) is 2.71. The molecule has 0 amide bonds. The highest BCUT2D eigenvalue weighted by atomic mass is 32.1. The molecule has 0 aliphatic carbocycles.